The van der Waals surface area contributed by atoms with Crippen molar-refractivity contribution in [1.82, 2.24) is 5.43 Å². The zero-order chi connectivity index (χ0) is 21.7. The van der Waals surface area contributed by atoms with Crippen LogP contribution in [-0.4, -0.2) is 26.3 Å². The summed E-state index contributed by atoms with van der Waals surface area (Å²) in [7, 11) is 2.92. The van der Waals surface area contributed by atoms with Crippen molar-refractivity contribution in [3.8, 4) is 22.8 Å². The van der Waals surface area contributed by atoms with Gasteiger partial charge in [-0.3, -0.25) is 4.79 Å². The number of rotatable bonds is 6. The highest BCUT2D eigenvalue weighted by Crippen LogP contribution is 2.32. The van der Waals surface area contributed by atoms with E-state index in [1.165, 1.54) is 50.8 Å². The van der Waals surface area contributed by atoms with E-state index in [0.29, 0.717) is 11.5 Å². The SMILES string of the molecule is COc1ccc(C(=O)N/N=C\c2ccc(-c3cccc(C(F)(F)F)c3)o2)c(OC)c1. The molecule has 0 aliphatic carbocycles. The van der Waals surface area contributed by atoms with Crippen molar-refractivity contribution in [2.45, 2.75) is 6.18 Å². The first-order chi connectivity index (χ1) is 14.3. The third kappa shape index (κ3) is 4.80. The molecule has 30 heavy (non-hydrogen) atoms. The normalized spacial score (nSPS) is 11.5. The Morgan fingerprint density at radius 2 is 1.87 bits per heavy atom. The van der Waals surface area contributed by atoms with Gasteiger partial charge in [0.05, 0.1) is 31.6 Å². The summed E-state index contributed by atoms with van der Waals surface area (Å²) in [6, 6.07) is 12.5. The van der Waals surface area contributed by atoms with Crippen LogP contribution in [0.25, 0.3) is 11.3 Å². The molecule has 0 aliphatic heterocycles. The maximum Gasteiger partial charge on any atom is 0.416 e. The van der Waals surface area contributed by atoms with Crippen LogP contribution in [0.3, 0.4) is 0 Å². The van der Waals surface area contributed by atoms with Crippen LogP contribution in [0.4, 0.5) is 13.2 Å². The van der Waals surface area contributed by atoms with E-state index in [2.05, 4.69) is 10.5 Å². The minimum Gasteiger partial charge on any atom is -0.497 e. The lowest BCUT2D eigenvalue weighted by Gasteiger charge is -2.08. The van der Waals surface area contributed by atoms with E-state index >= 15 is 0 Å². The number of hydrogen-bond acceptors (Lipinski definition) is 5. The number of hydrogen-bond donors (Lipinski definition) is 1. The second-order valence-electron chi connectivity index (χ2n) is 6.05. The summed E-state index contributed by atoms with van der Waals surface area (Å²) < 4.78 is 54.3. The first-order valence-electron chi connectivity index (χ1n) is 8.64. The van der Waals surface area contributed by atoms with E-state index in [1.54, 1.807) is 12.1 Å². The molecule has 0 aliphatic rings. The first kappa shape index (κ1) is 21.0. The summed E-state index contributed by atoms with van der Waals surface area (Å²) in [5, 5.41) is 3.81. The number of carbonyl (C=O) groups excluding carboxylic acids is 1. The van der Waals surface area contributed by atoms with Crippen LogP contribution < -0.4 is 14.9 Å². The maximum absolute atomic E-state index is 12.9. The summed E-state index contributed by atoms with van der Waals surface area (Å²) in [5.41, 5.74) is 2.09. The van der Waals surface area contributed by atoms with Crippen LogP contribution >= 0.6 is 0 Å². The number of ether oxygens (including phenoxy) is 2. The number of furan rings is 1. The first-order valence-corrected chi connectivity index (χ1v) is 8.64. The maximum atomic E-state index is 12.9. The van der Waals surface area contributed by atoms with Crippen molar-refractivity contribution in [2.75, 3.05) is 14.2 Å². The van der Waals surface area contributed by atoms with E-state index in [0.717, 1.165) is 12.1 Å². The van der Waals surface area contributed by atoms with Crippen LogP contribution in [0.2, 0.25) is 0 Å². The Morgan fingerprint density at radius 1 is 1.07 bits per heavy atom. The van der Waals surface area contributed by atoms with E-state index < -0.39 is 17.6 Å². The molecule has 3 aromatic rings. The van der Waals surface area contributed by atoms with Gasteiger partial charge in [-0.05, 0) is 36.4 Å². The number of hydrazone groups is 1. The molecular weight excluding hydrogens is 401 g/mol. The molecule has 0 unspecified atom stereocenters. The minimum atomic E-state index is -4.44. The average Bonchev–Trinajstić information content (AvgIpc) is 3.21. The molecule has 1 N–H and O–H groups in total. The summed E-state index contributed by atoms with van der Waals surface area (Å²) in [5.74, 6) is 0.821. The lowest BCUT2D eigenvalue weighted by Crippen LogP contribution is -2.18. The zero-order valence-corrected chi connectivity index (χ0v) is 16.0. The van der Waals surface area contributed by atoms with Crippen LogP contribution in [0.1, 0.15) is 21.7 Å². The summed E-state index contributed by atoms with van der Waals surface area (Å²) in [6.45, 7) is 0. The largest absolute Gasteiger partial charge is 0.497 e. The molecule has 156 valence electrons. The lowest BCUT2D eigenvalue weighted by molar-refractivity contribution is -0.137. The fourth-order valence-electron chi connectivity index (χ4n) is 2.63. The van der Waals surface area contributed by atoms with E-state index in [-0.39, 0.29) is 22.6 Å². The lowest BCUT2D eigenvalue weighted by atomic mass is 10.1. The van der Waals surface area contributed by atoms with Gasteiger partial charge in [-0.15, -0.1) is 0 Å². The summed E-state index contributed by atoms with van der Waals surface area (Å²) in [6.07, 6.45) is -3.20. The number of benzene rings is 2. The molecule has 1 aromatic heterocycles. The van der Waals surface area contributed by atoms with Crippen molar-refractivity contribution in [1.29, 1.82) is 0 Å². The number of amides is 1. The Morgan fingerprint density at radius 3 is 2.57 bits per heavy atom. The van der Waals surface area contributed by atoms with Crippen molar-refractivity contribution >= 4 is 12.1 Å². The van der Waals surface area contributed by atoms with Gasteiger partial charge in [-0.2, -0.15) is 18.3 Å². The molecule has 0 radical (unpaired) electrons. The van der Waals surface area contributed by atoms with Crippen LogP contribution in [0.5, 0.6) is 11.5 Å². The Labute approximate surface area is 169 Å². The summed E-state index contributed by atoms with van der Waals surface area (Å²) in [4.78, 5) is 12.3. The van der Waals surface area contributed by atoms with Gasteiger partial charge in [-0.1, -0.05) is 12.1 Å². The molecule has 0 atom stereocenters. The van der Waals surface area contributed by atoms with Crippen molar-refractivity contribution in [3.05, 3.63) is 71.5 Å². The molecule has 9 heteroatoms. The van der Waals surface area contributed by atoms with E-state index in [1.807, 2.05) is 0 Å². The molecule has 2 aromatic carbocycles. The second kappa shape index (κ2) is 8.73. The molecule has 0 saturated heterocycles. The van der Waals surface area contributed by atoms with Gasteiger partial charge >= 0.3 is 6.18 Å². The van der Waals surface area contributed by atoms with Gasteiger partial charge in [0, 0.05) is 11.6 Å². The smallest absolute Gasteiger partial charge is 0.416 e. The minimum absolute atomic E-state index is 0.241. The number of alkyl halides is 3. The molecule has 0 spiro atoms. The van der Waals surface area contributed by atoms with Gasteiger partial charge in [0.1, 0.15) is 23.0 Å². The highest BCUT2D eigenvalue weighted by Gasteiger charge is 2.30. The van der Waals surface area contributed by atoms with Gasteiger partial charge in [-0.25, -0.2) is 5.43 Å². The fourth-order valence-corrected chi connectivity index (χ4v) is 2.63. The quantitative estimate of drug-likeness (QED) is 0.463. The molecule has 6 nitrogen and oxygen atoms in total. The van der Waals surface area contributed by atoms with Crippen molar-refractivity contribution < 1.29 is 31.9 Å². The number of nitrogens with one attached hydrogen (secondary N) is 1. The van der Waals surface area contributed by atoms with E-state index in [9.17, 15) is 18.0 Å². The zero-order valence-electron chi connectivity index (χ0n) is 16.0. The molecule has 0 saturated carbocycles. The standard InChI is InChI=1S/C21H17F3N2O4/c1-28-15-6-8-17(19(11-15)29-2)20(27)26-25-12-16-7-9-18(30-16)13-4-3-5-14(10-13)21(22,23)24/h3-12H,1-2H3,(H,26,27)/b25-12-. The Kier molecular flexibility index (Phi) is 6.10. The molecule has 1 heterocycles. The number of halogens is 3. The van der Waals surface area contributed by atoms with E-state index in [4.69, 9.17) is 13.9 Å². The van der Waals surface area contributed by atoms with Crippen molar-refractivity contribution in [3.63, 3.8) is 0 Å². The fraction of sp³-hybridized carbons (Fsp3) is 0.143. The Bertz CT molecular complexity index is 1070. The summed E-state index contributed by atoms with van der Waals surface area (Å²) >= 11 is 0. The Balaban J connectivity index is 1.70. The topological polar surface area (TPSA) is 73.1 Å². The Hall–Kier alpha value is -3.75. The second-order valence-corrected chi connectivity index (χ2v) is 6.05. The number of carbonyl (C=O) groups is 1. The van der Waals surface area contributed by atoms with Crippen LogP contribution in [0.15, 0.2) is 64.1 Å². The van der Waals surface area contributed by atoms with Crippen LogP contribution in [-0.2, 0) is 6.18 Å². The third-order valence-corrected chi connectivity index (χ3v) is 4.11. The molecule has 0 fully saturated rings. The predicted molar refractivity (Wildman–Crippen MR) is 104 cm³/mol. The van der Waals surface area contributed by atoms with Gasteiger partial charge < -0.3 is 13.9 Å². The number of nitrogens with zero attached hydrogens (tertiary/aromatic N) is 1. The highest BCUT2D eigenvalue weighted by molar-refractivity contribution is 5.97. The average molecular weight is 418 g/mol. The highest BCUT2D eigenvalue weighted by atomic mass is 19.4. The van der Waals surface area contributed by atoms with Gasteiger partial charge in [0.2, 0.25) is 0 Å². The monoisotopic (exact) mass is 418 g/mol. The molecule has 0 bridgehead atoms. The van der Waals surface area contributed by atoms with Crippen molar-refractivity contribution in [2.24, 2.45) is 5.10 Å². The van der Waals surface area contributed by atoms with Crippen LogP contribution in [0, 0.1) is 0 Å². The molecule has 3 rings (SSSR count). The van der Waals surface area contributed by atoms with Gasteiger partial charge in [0.25, 0.3) is 5.91 Å². The predicted octanol–water partition coefficient (Wildman–Crippen LogP) is 4.75. The molecule has 1 amide bonds. The number of methoxy groups -OCH3 is 2. The van der Waals surface area contributed by atoms with Gasteiger partial charge in [0.15, 0.2) is 0 Å². The third-order valence-electron chi connectivity index (χ3n) is 4.11. The molecular formula is C21H17F3N2O4.